The normalized spacial score (nSPS) is 17.6. The van der Waals surface area contributed by atoms with Gasteiger partial charge in [-0.05, 0) is 74.6 Å². The third-order valence-corrected chi connectivity index (χ3v) is 7.46. The highest BCUT2D eigenvalue weighted by atomic mass is 35.5. The number of allylic oxidation sites excluding steroid dienone is 4. The summed E-state index contributed by atoms with van der Waals surface area (Å²) >= 11 is 12.6. The predicted molar refractivity (Wildman–Crippen MR) is 146 cm³/mol. The molecule has 198 valence electrons. The van der Waals surface area contributed by atoms with E-state index in [2.05, 4.69) is 10.6 Å². The molecule has 7 nitrogen and oxygen atoms in total. The van der Waals surface area contributed by atoms with E-state index in [0.29, 0.717) is 52.6 Å². The highest BCUT2D eigenvalue weighted by Crippen LogP contribution is 2.48. The summed E-state index contributed by atoms with van der Waals surface area (Å²) in [4.78, 5) is 38.8. The molecule has 0 aromatic heterocycles. The first-order valence-electron chi connectivity index (χ1n) is 12.8. The zero-order valence-electron chi connectivity index (χ0n) is 21.0. The van der Waals surface area contributed by atoms with E-state index in [-0.39, 0.29) is 34.9 Å². The van der Waals surface area contributed by atoms with Gasteiger partial charge in [0.15, 0.2) is 29.7 Å². The van der Waals surface area contributed by atoms with Crippen LogP contribution in [-0.4, -0.2) is 30.7 Å². The fourth-order valence-electron chi connectivity index (χ4n) is 5.34. The number of Topliss-reactive ketones (excluding diaryl/α,β-unsaturated/α-hetero) is 2. The summed E-state index contributed by atoms with van der Waals surface area (Å²) in [6.07, 6.45) is 3.98. The van der Waals surface area contributed by atoms with Gasteiger partial charge in [-0.3, -0.25) is 14.4 Å². The van der Waals surface area contributed by atoms with Crippen LogP contribution in [0, 0.1) is 0 Å². The van der Waals surface area contributed by atoms with Crippen molar-refractivity contribution in [3.05, 3.63) is 74.5 Å². The molecule has 2 aromatic rings. The lowest BCUT2D eigenvalue weighted by molar-refractivity contribution is -0.118. The SMILES string of the molecule is CCOc1cc(C2C3=C(CCCC3=O)NC3=C2C(=O)CCC3)cc(Cl)c1OCC(=O)Nc1ccc(Cl)cc1. The largest absolute Gasteiger partial charge is 0.490 e. The second kappa shape index (κ2) is 11.2. The molecule has 0 atom stereocenters. The number of ketones is 2. The van der Waals surface area contributed by atoms with Gasteiger partial charge >= 0.3 is 0 Å². The maximum Gasteiger partial charge on any atom is 0.262 e. The number of dihydropyridines is 1. The summed E-state index contributed by atoms with van der Waals surface area (Å²) in [5.41, 5.74) is 4.35. The molecule has 0 saturated carbocycles. The van der Waals surface area contributed by atoms with Crippen molar-refractivity contribution in [3.8, 4) is 11.5 Å². The standard InChI is InChI=1S/C29H28Cl2N2O5/c1-2-37-24-14-16(13-19(31)29(24)38-15-25(36)32-18-11-9-17(30)10-12-18)26-27-20(5-3-7-22(27)34)33-21-6-4-8-23(35)28(21)26/h9-14,26,33H,2-8,15H2,1H3,(H,32,36). The minimum Gasteiger partial charge on any atom is -0.490 e. The van der Waals surface area contributed by atoms with Crippen molar-refractivity contribution in [1.82, 2.24) is 5.32 Å². The first kappa shape index (κ1) is 26.3. The molecule has 38 heavy (non-hydrogen) atoms. The van der Waals surface area contributed by atoms with Crippen LogP contribution in [0.25, 0.3) is 0 Å². The van der Waals surface area contributed by atoms with E-state index in [1.54, 1.807) is 36.4 Å². The maximum absolute atomic E-state index is 13.1. The summed E-state index contributed by atoms with van der Waals surface area (Å²) in [6.45, 7) is 1.87. The lowest BCUT2D eigenvalue weighted by Crippen LogP contribution is -2.36. The fraction of sp³-hybridized carbons (Fsp3) is 0.345. The average Bonchev–Trinajstić information content (AvgIpc) is 2.89. The van der Waals surface area contributed by atoms with E-state index >= 15 is 0 Å². The number of carbonyl (C=O) groups excluding carboxylic acids is 3. The Morgan fingerprint density at radius 3 is 2.18 bits per heavy atom. The number of halogens is 2. The molecular formula is C29H28Cl2N2O5. The van der Waals surface area contributed by atoms with Gasteiger partial charge in [0.25, 0.3) is 5.91 Å². The van der Waals surface area contributed by atoms with Gasteiger partial charge in [-0.1, -0.05) is 23.2 Å². The molecule has 2 aliphatic carbocycles. The third kappa shape index (κ3) is 5.31. The second-order valence-corrected chi connectivity index (χ2v) is 10.3. The molecule has 2 N–H and O–H groups in total. The predicted octanol–water partition coefficient (Wildman–Crippen LogP) is 6.11. The Hall–Kier alpha value is -3.29. The zero-order valence-corrected chi connectivity index (χ0v) is 22.5. The van der Waals surface area contributed by atoms with E-state index in [4.69, 9.17) is 32.7 Å². The molecule has 1 heterocycles. The van der Waals surface area contributed by atoms with Gasteiger partial charge in [-0.2, -0.15) is 0 Å². The topological polar surface area (TPSA) is 93.7 Å². The Morgan fingerprint density at radius 1 is 0.947 bits per heavy atom. The number of benzene rings is 2. The average molecular weight is 555 g/mol. The van der Waals surface area contributed by atoms with E-state index in [0.717, 1.165) is 37.1 Å². The molecule has 5 rings (SSSR count). The molecule has 9 heteroatoms. The lowest BCUT2D eigenvalue weighted by Gasteiger charge is -2.37. The summed E-state index contributed by atoms with van der Waals surface area (Å²) < 4.78 is 11.7. The minimum atomic E-state index is -0.513. The highest BCUT2D eigenvalue weighted by Gasteiger charge is 2.40. The Morgan fingerprint density at radius 2 is 1.58 bits per heavy atom. The third-order valence-electron chi connectivity index (χ3n) is 6.93. The second-order valence-electron chi connectivity index (χ2n) is 9.50. The van der Waals surface area contributed by atoms with Crippen LogP contribution in [0.4, 0.5) is 5.69 Å². The summed E-state index contributed by atoms with van der Waals surface area (Å²) in [5, 5.41) is 6.96. The maximum atomic E-state index is 13.1. The Bertz CT molecular complexity index is 1320. The smallest absolute Gasteiger partial charge is 0.262 e. The lowest BCUT2D eigenvalue weighted by atomic mass is 9.71. The van der Waals surface area contributed by atoms with Crippen LogP contribution in [0.2, 0.25) is 10.0 Å². The van der Waals surface area contributed by atoms with Gasteiger partial charge in [0, 0.05) is 52.0 Å². The summed E-state index contributed by atoms with van der Waals surface area (Å²) in [6, 6.07) is 10.2. The quantitative estimate of drug-likeness (QED) is 0.428. The first-order chi connectivity index (χ1) is 18.4. The molecule has 0 saturated heterocycles. The number of amides is 1. The van der Waals surface area contributed by atoms with Crippen molar-refractivity contribution >= 4 is 46.4 Å². The molecule has 0 unspecified atom stereocenters. The number of ether oxygens (including phenoxy) is 2. The fourth-order valence-corrected chi connectivity index (χ4v) is 5.74. The number of hydrogen-bond acceptors (Lipinski definition) is 6. The van der Waals surface area contributed by atoms with Gasteiger partial charge in [0.2, 0.25) is 0 Å². The highest BCUT2D eigenvalue weighted by molar-refractivity contribution is 6.32. The van der Waals surface area contributed by atoms with Crippen LogP contribution in [0.1, 0.15) is 56.9 Å². The van der Waals surface area contributed by atoms with Crippen molar-refractivity contribution in [2.75, 3.05) is 18.5 Å². The zero-order chi connectivity index (χ0) is 26.8. The number of nitrogens with one attached hydrogen (secondary N) is 2. The Labute approximate surface area is 231 Å². The van der Waals surface area contributed by atoms with Crippen LogP contribution >= 0.6 is 23.2 Å². The van der Waals surface area contributed by atoms with Crippen molar-refractivity contribution in [1.29, 1.82) is 0 Å². The molecule has 0 spiro atoms. The molecule has 0 fully saturated rings. The van der Waals surface area contributed by atoms with Crippen LogP contribution in [0.15, 0.2) is 58.9 Å². The summed E-state index contributed by atoms with van der Waals surface area (Å²) in [5.74, 6) is -0.224. The van der Waals surface area contributed by atoms with Crippen LogP contribution in [0.5, 0.6) is 11.5 Å². The number of hydrogen-bond donors (Lipinski definition) is 2. The molecule has 3 aliphatic rings. The van der Waals surface area contributed by atoms with Gasteiger partial charge in [0.1, 0.15) is 0 Å². The molecule has 0 bridgehead atoms. The number of carbonyl (C=O) groups is 3. The number of anilines is 1. The van der Waals surface area contributed by atoms with Gasteiger partial charge < -0.3 is 20.1 Å². The van der Waals surface area contributed by atoms with E-state index in [9.17, 15) is 14.4 Å². The molecule has 1 aliphatic heterocycles. The molecule has 2 aromatic carbocycles. The van der Waals surface area contributed by atoms with Crippen molar-refractivity contribution in [2.45, 2.75) is 51.4 Å². The molecule has 0 radical (unpaired) electrons. The van der Waals surface area contributed by atoms with E-state index in [1.807, 2.05) is 6.92 Å². The first-order valence-corrected chi connectivity index (χ1v) is 13.5. The van der Waals surface area contributed by atoms with Crippen molar-refractivity contribution in [2.24, 2.45) is 0 Å². The Kier molecular flexibility index (Phi) is 7.77. The minimum absolute atomic E-state index is 0.0435. The van der Waals surface area contributed by atoms with Gasteiger partial charge in [-0.25, -0.2) is 0 Å². The number of rotatable bonds is 7. The summed E-state index contributed by atoms with van der Waals surface area (Å²) in [7, 11) is 0. The monoisotopic (exact) mass is 554 g/mol. The van der Waals surface area contributed by atoms with Crippen molar-refractivity contribution in [3.63, 3.8) is 0 Å². The van der Waals surface area contributed by atoms with Crippen LogP contribution in [0.3, 0.4) is 0 Å². The van der Waals surface area contributed by atoms with Crippen LogP contribution < -0.4 is 20.1 Å². The van der Waals surface area contributed by atoms with E-state index in [1.165, 1.54) is 0 Å². The molecule has 1 amide bonds. The van der Waals surface area contributed by atoms with E-state index < -0.39 is 5.92 Å². The van der Waals surface area contributed by atoms with Gasteiger partial charge in [0.05, 0.1) is 11.6 Å². The van der Waals surface area contributed by atoms with Crippen LogP contribution in [-0.2, 0) is 14.4 Å². The van der Waals surface area contributed by atoms with Gasteiger partial charge in [-0.15, -0.1) is 0 Å². The molecular weight excluding hydrogens is 527 g/mol. The Balaban J connectivity index is 1.47. The van der Waals surface area contributed by atoms with Crippen molar-refractivity contribution < 1.29 is 23.9 Å².